The van der Waals surface area contributed by atoms with Gasteiger partial charge in [0.1, 0.15) is 0 Å². The highest BCUT2D eigenvalue weighted by Crippen LogP contribution is 2.87. The molecule has 0 N–H and O–H groups in total. The van der Waals surface area contributed by atoms with Gasteiger partial charge in [0.15, 0.2) is 0 Å². The van der Waals surface area contributed by atoms with Crippen molar-refractivity contribution in [3.63, 3.8) is 0 Å². The van der Waals surface area contributed by atoms with Gasteiger partial charge in [0, 0.05) is 0 Å². The molecule has 9 aliphatic carbocycles. The molecule has 14 heavy (non-hydrogen) atoms. The Balaban J connectivity index is 1.84. The maximum atomic E-state index is 2.67. The maximum absolute atomic E-state index is 2.67. The van der Waals surface area contributed by atoms with E-state index in [1.807, 2.05) is 0 Å². The van der Waals surface area contributed by atoms with Crippen LogP contribution in [0.4, 0.5) is 0 Å². The van der Waals surface area contributed by atoms with Crippen LogP contribution in [-0.4, -0.2) is 0 Å². The minimum Gasteiger partial charge on any atom is -0.0591 e. The van der Waals surface area contributed by atoms with Crippen LogP contribution in [0, 0.1) is 46.3 Å². The van der Waals surface area contributed by atoms with Gasteiger partial charge in [-0.25, -0.2) is 0 Å². The Morgan fingerprint density at radius 1 is 1.00 bits per heavy atom. The Kier molecular flexibility index (Phi) is 0.845. The van der Waals surface area contributed by atoms with Gasteiger partial charge in [0.25, 0.3) is 0 Å². The fraction of sp³-hybridized carbons (Fsp3) is 1.00. The second kappa shape index (κ2) is 1.62. The smallest absolute Gasteiger partial charge is 0.0227 e. The lowest BCUT2D eigenvalue weighted by atomic mass is 9.18. The topological polar surface area (TPSA) is 0 Å². The Labute approximate surface area is 86.5 Å². The van der Waals surface area contributed by atoms with Crippen LogP contribution < -0.4 is 0 Å². The lowest BCUT2D eigenvalue weighted by molar-refractivity contribution is -0.389. The SMILES string of the molecule is CC12CC3CC4C5CC1CC3C5(C)C42. The van der Waals surface area contributed by atoms with E-state index in [0.717, 1.165) is 22.7 Å². The summed E-state index contributed by atoms with van der Waals surface area (Å²) in [5.41, 5.74) is 1.65. The Bertz CT molecular complexity index is 333. The van der Waals surface area contributed by atoms with Crippen LogP contribution in [0.25, 0.3) is 0 Å². The van der Waals surface area contributed by atoms with Crippen molar-refractivity contribution >= 4 is 0 Å². The van der Waals surface area contributed by atoms with Gasteiger partial charge in [-0.3, -0.25) is 0 Å². The minimum absolute atomic E-state index is 0.811. The van der Waals surface area contributed by atoms with Crippen LogP contribution in [0.2, 0.25) is 0 Å². The summed E-state index contributed by atoms with van der Waals surface area (Å²) in [7, 11) is 0. The van der Waals surface area contributed by atoms with Gasteiger partial charge in [0.05, 0.1) is 0 Å². The molecular weight excluding hydrogens is 168 g/mol. The lowest BCUT2D eigenvalue weighted by Crippen LogP contribution is -2.81. The molecule has 0 amide bonds. The Morgan fingerprint density at radius 3 is 2.50 bits per heavy atom. The Morgan fingerprint density at radius 2 is 1.79 bits per heavy atom. The highest BCUT2D eigenvalue weighted by molar-refractivity contribution is 5.29. The van der Waals surface area contributed by atoms with E-state index >= 15 is 0 Å². The molecule has 0 heteroatoms. The summed E-state index contributed by atoms with van der Waals surface area (Å²) in [4.78, 5) is 0. The zero-order chi connectivity index (χ0) is 9.29. The molecule has 76 valence electrons. The molecule has 8 bridgehead atoms. The average molecular weight is 188 g/mol. The predicted octanol–water partition coefficient (Wildman–Crippen LogP) is 3.32. The normalized spacial score (nSPS) is 81.0. The van der Waals surface area contributed by atoms with Gasteiger partial charge < -0.3 is 0 Å². The summed E-state index contributed by atoms with van der Waals surface area (Å²) in [6, 6.07) is 0. The minimum atomic E-state index is 0.811. The fourth-order valence-electron chi connectivity index (χ4n) is 7.76. The van der Waals surface area contributed by atoms with Crippen molar-refractivity contribution in [2.45, 2.75) is 39.5 Å². The van der Waals surface area contributed by atoms with E-state index in [1.54, 1.807) is 25.7 Å². The second-order valence-electron chi connectivity index (χ2n) is 7.59. The van der Waals surface area contributed by atoms with Gasteiger partial charge in [-0.1, -0.05) is 13.8 Å². The summed E-state index contributed by atoms with van der Waals surface area (Å²) < 4.78 is 0. The van der Waals surface area contributed by atoms with Crippen LogP contribution >= 0.6 is 0 Å². The van der Waals surface area contributed by atoms with Crippen LogP contribution in [0.1, 0.15) is 39.5 Å². The van der Waals surface area contributed by atoms with Crippen LogP contribution in [-0.2, 0) is 0 Å². The number of rotatable bonds is 0. The van der Waals surface area contributed by atoms with Crippen molar-refractivity contribution in [3.8, 4) is 0 Å². The monoisotopic (exact) mass is 188 g/mol. The predicted molar refractivity (Wildman–Crippen MR) is 55.6 cm³/mol. The molecule has 0 spiro atoms. The van der Waals surface area contributed by atoms with Gasteiger partial charge in [-0.05, 0) is 72.0 Å². The molecule has 0 heterocycles. The van der Waals surface area contributed by atoms with Crippen molar-refractivity contribution in [2.75, 3.05) is 0 Å². The maximum Gasteiger partial charge on any atom is -0.0227 e. The Hall–Kier alpha value is 0. The van der Waals surface area contributed by atoms with Crippen molar-refractivity contribution < 1.29 is 0 Å². The molecule has 9 fully saturated rings. The zero-order valence-corrected chi connectivity index (χ0v) is 9.29. The number of hydrogen-bond donors (Lipinski definition) is 0. The van der Waals surface area contributed by atoms with Crippen LogP contribution in [0.15, 0.2) is 0 Å². The molecule has 8 atom stereocenters. The molecule has 0 aromatic rings. The van der Waals surface area contributed by atoms with E-state index in [-0.39, 0.29) is 0 Å². The molecule has 0 aromatic heterocycles. The highest BCUT2D eigenvalue weighted by Gasteiger charge is 2.81. The van der Waals surface area contributed by atoms with Crippen molar-refractivity contribution in [1.82, 2.24) is 0 Å². The van der Waals surface area contributed by atoms with Crippen LogP contribution in [0.5, 0.6) is 0 Å². The summed E-state index contributed by atoms with van der Waals surface area (Å²) in [5.74, 6) is 7.02. The summed E-state index contributed by atoms with van der Waals surface area (Å²) >= 11 is 0. The first kappa shape index (κ1) is 7.30. The first-order valence-corrected chi connectivity index (χ1v) is 6.65. The molecule has 0 radical (unpaired) electrons. The lowest BCUT2D eigenvalue weighted by Gasteiger charge is -2.87. The van der Waals surface area contributed by atoms with E-state index in [0.29, 0.717) is 0 Å². The first-order valence-electron chi connectivity index (χ1n) is 6.65. The molecular formula is C14H20. The van der Waals surface area contributed by atoms with E-state index in [2.05, 4.69) is 13.8 Å². The first-order chi connectivity index (χ1) is 6.65. The van der Waals surface area contributed by atoms with Gasteiger partial charge >= 0.3 is 0 Å². The number of hydrogen-bond acceptors (Lipinski definition) is 0. The third-order valence-electron chi connectivity index (χ3n) is 7.78. The molecule has 0 saturated heterocycles. The molecule has 0 aliphatic heterocycles. The van der Waals surface area contributed by atoms with E-state index in [1.165, 1.54) is 23.7 Å². The van der Waals surface area contributed by atoms with Gasteiger partial charge in [-0.2, -0.15) is 0 Å². The third-order valence-corrected chi connectivity index (χ3v) is 7.78. The van der Waals surface area contributed by atoms with Crippen molar-refractivity contribution in [1.29, 1.82) is 0 Å². The van der Waals surface area contributed by atoms with Gasteiger partial charge in [-0.15, -0.1) is 0 Å². The quantitative estimate of drug-likeness (QED) is 0.547. The van der Waals surface area contributed by atoms with E-state index < -0.39 is 0 Å². The molecule has 0 nitrogen and oxygen atoms in total. The van der Waals surface area contributed by atoms with E-state index in [4.69, 9.17) is 0 Å². The molecule has 9 rings (SSSR count). The molecule has 0 aromatic carbocycles. The fourth-order valence-corrected chi connectivity index (χ4v) is 7.76. The second-order valence-corrected chi connectivity index (χ2v) is 7.59. The molecule has 8 unspecified atom stereocenters. The average Bonchev–Trinajstić information content (AvgIpc) is 2.11. The van der Waals surface area contributed by atoms with Crippen molar-refractivity contribution in [2.24, 2.45) is 46.3 Å². The van der Waals surface area contributed by atoms with E-state index in [9.17, 15) is 0 Å². The molecule has 9 saturated carbocycles. The molecule has 9 aliphatic rings. The summed E-state index contributed by atoms with van der Waals surface area (Å²) in [6.07, 6.45) is 6.50. The van der Waals surface area contributed by atoms with Crippen LogP contribution in [0.3, 0.4) is 0 Å². The van der Waals surface area contributed by atoms with Crippen molar-refractivity contribution in [3.05, 3.63) is 0 Å². The zero-order valence-electron chi connectivity index (χ0n) is 9.29. The standard InChI is InChI=1S/C14H20/c1-13-6-7-3-9-11-5-8(13)4-10(7)14(11,2)12(9)13/h7-12H,3-6H2,1-2H3. The third kappa shape index (κ3) is 0.417. The largest absolute Gasteiger partial charge is 0.0591 e. The highest BCUT2D eigenvalue weighted by atomic mass is 14.9. The summed E-state index contributed by atoms with van der Waals surface area (Å²) in [5, 5.41) is 0. The summed E-state index contributed by atoms with van der Waals surface area (Å²) in [6.45, 7) is 5.33. The van der Waals surface area contributed by atoms with Gasteiger partial charge in [0.2, 0.25) is 0 Å².